The van der Waals surface area contributed by atoms with Gasteiger partial charge in [0.05, 0.1) is 9.75 Å². The lowest BCUT2D eigenvalue weighted by atomic mass is 9.71. The van der Waals surface area contributed by atoms with E-state index in [0.29, 0.717) is 9.75 Å². The van der Waals surface area contributed by atoms with Gasteiger partial charge in [0, 0.05) is 11.5 Å². The Balaban J connectivity index is 1.83. The smallest absolute Gasteiger partial charge is 0.351 e. The number of carbonyl (C=O) groups is 1. The van der Waals surface area contributed by atoms with Gasteiger partial charge in [0.25, 0.3) is 0 Å². The van der Waals surface area contributed by atoms with Crippen molar-refractivity contribution in [1.82, 2.24) is 5.16 Å². The molecule has 0 N–H and O–H groups in total. The highest BCUT2D eigenvalue weighted by Gasteiger charge is 2.45. The third-order valence-electron chi connectivity index (χ3n) is 3.98. The lowest BCUT2D eigenvalue weighted by molar-refractivity contribution is -0.156. The largest absolute Gasteiger partial charge is 0.452 e. The second kappa shape index (κ2) is 5.15. The van der Waals surface area contributed by atoms with Gasteiger partial charge in [0.2, 0.25) is 5.76 Å². The van der Waals surface area contributed by atoms with Crippen LogP contribution in [-0.4, -0.2) is 16.6 Å². The maximum atomic E-state index is 13.5. The Morgan fingerprint density at radius 1 is 1.39 bits per heavy atom. The predicted octanol–water partition coefficient (Wildman–Crippen LogP) is 5.05. The number of nitrogens with zero attached hydrogens (tertiary/aromatic N) is 1. The Morgan fingerprint density at radius 2 is 2.04 bits per heavy atom. The van der Waals surface area contributed by atoms with E-state index in [9.17, 15) is 22.4 Å². The van der Waals surface area contributed by atoms with Crippen molar-refractivity contribution < 1.29 is 26.9 Å². The first kappa shape index (κ1) is 16.2. The number of carbonyl (C=O) groups excluding carboxylic acids is 1. The third kappa shape index (κ3) is 2.91. The zero-order valence-electron chi connectivity index (χ0n) is 12.3. The molecule has 0 aliphatic heterocycles. The van der Waals surface area contributed by atoms with Gasteiger partial charge in [-0.05, 0) is 38.8 Å². The van der Waals surface area contributed by atoms with E-state index < -0.39 is 17.6 Å². The van der Waals surface area contributed by atoms with Crippen LogP contribution in [0.2, 0.25) is 0 Å². The van der Waals surface area contributed by atoms with E-state index in [2.05, 4.69) is 9.68 Å². The number of thiophene rings is 1. The predicted molar refractivity (Wildman–Crippen MR) is 76.1 cm³/mol. The van der Waals surface area contributed by atoms with Gasteiger partial charge in [-0.25, -0.2) is 4.39 Å². The van der Waals surface area contributed by atoms with Gasteiger partial charge in [-0.1, -0.05) is 5.16 Å². The van der Waals surface area contributed by atoms with Crippen molar-refractivity contribution in [1.29, 1.82) is 0 Å². The summed E-state index contributed by atoms with van der Waals surface area (Å²) in [5, 5.41) is 3.47. The standard InChI is InChI=1S/C15H13F4NO2S/c1-7-11(20-22-13(7)15(17,18)19)9-3-4-10(23-9)12(21)8-5-14(2,16)6-8/h3-4,8H,5-6H2,1-2H3. The van der Waals surface area contributed by atoms with E-state index in [1.807, 2.05) is 0 Å². The number of Topliss-reactive ketones (excluding diaryl/α,β-unsaturated/α-hetero) is 1. The molecule has 124 valence electrons. The summed E-state index contributed by atoms with van der Waals surface area (Å²) in [6.07, 6.45) is -4.25. The molecule has 0 amide bonds. The summed E-state index contributed by atoms with van der Waals surface area (Å²) in [5.74, 6) is -1.67. The fourth-order valence-corrected chi connectivity index (χ4v) is 3.85. The summed E-state index contributed by atoms with van der Waals surface area (Å²) in [6, 6.07) is 3.08. The molecule has 1 saturated carbocycles. The van der Waals surface area contributed by atoms with Gasteiger partial charge >= 0.3 is 6.18 Å². The van der Waals surface area contributed by atoms with Gasteiger partial charge in [0.15, 0.2) is 5.78 Å². The maximum absolute atomic E-state index is 13.5. The van der Waals surface area contributed by atoms with Crippen LogP contribution in [0.25, 0.3) is 10.6 Å². The van der Waals surface area contributed by atoms with Gasteiger partial charge in [-0.15, -0.1) is 11.3 Å². The van der Waals surface area contributed by atoms with Gasteiger partial charge in [-0.2, -0.15) is 13.2 Å². The Kier molecular flexibility index (Phi) is 3.62. The third-order valence-corrected chi connectivity index (χ3v) is 5.09. The molecule has 2 aromatic rings. The summed E-state index contributed by atoms with van der Waals surface area (Å²) in [5.41, 5.74) is -1.34. The molecule has 8 heteroatoms. The van der Waals surface area contributed by atoms with Gasteiger partial charge < -0.3 is 4.52 Å². The summed E-state index contributed by atoms with van der Waals surface area (Å²) >= 11 is 1.05. The highest BCUT2D eigenvalue weighted by Crippen LogP contribution is 2.44. The number of alkyl halides is 4. The topological polar surface area (TPSA) is 43.1 Å². The van der Waals surface area contributed by atoms with E-state index in [-0.39, 0.29) is 35.8 Å². The number of hydrogen-bond donors (Lipinski definition) is 0. The Morgan fingerprint density at radius 3 is 2.57 bits per heavy atom. The van der Waals surface area contributed by atoms with E-state index >= 15 is 0 Å². The van der Waals surface area contributed by atoms with Crippen molar-refractivity contribution in [2.75, 3.05) is 0 Å². The van der Waals surface area contributed by atoms with E-state index in [4.69, 9.17) is 0 Å². The van der Waals surface area contributed by atoms with Crippen LogP contribution in [0.1, 0.15) is 40.8 Å². The van der Waals surface area contributed by atoms with Crippen LogP contribution in [0.4, 0.5) is 17.6 Å². The minimum absolute atomic E-state index is 0.0744. The van der Waals surface area contributed by atoms with E-state index in [1.165, 1.54) is 26.0 Å². The van der Waals surface area contributed by atoms with E-state index in [1.54, 1.807) is 0 Å². The number of ketones is 1. The molecule has 0 radical (unpaired) electrons. The lowest BCUT2D eigenvalue weighted by Gasteiger charge is -2.37. The van der Waals surface area contributed by atoms with Crippen molar-refractivity contribution in [2.45, 2.75) is 38.5 Å². The Labute approximate surface area is 133 Å². The second-order valence-corrected chi connectivity index (χ2v) is 7.11. The van der Waals surface area contributed by atoms with Crippen LogP contribution < -0.4 is 0 Å². The fraction of sp³-hybridized carbons (Fsp3) is 0.467. The number of rotatable bonds is 3. The first-order valence-electron chi connectivity index (χ1n) is 6.95. The van der Waals surface area contributed by atoms with Crippen LogP contribution in [0, 0.1) is 12.8 Å². The van der Waals surface area contributed by atoms with Crippen LogP contribution in [0.3, 0.4) is 0 Å². The molecule has 3 nitrogen and oxygen atoms in total. The first-order valence-corrected chi connectivity index (χ1v) is 7.77. The highest BCUT2D eigenvalue weighted by molar-refractivity contribution is 7.17. The van der Waals surface area contributed by atoms with Crippen LogP contribution >= 0.6 is 11.3 Å². The monoisotopic (exact) mass is 347 g/mol. The SMILES string of the molecule is Cc1c(-c2ccc(C(=O)C3CC(C)(F)C3)s2)noc1C(F)(F)F. The van der Waals surface area contributed by atoms with Gasteiger partial charge in [0.1, 0.15) is 11.4 Å². The van der Waals surface area contributed by atoms with Crippen molar-refractivity contribution in [3.05, 3.63) is 28.3 Å². The molecule has 0 spiro atoms. The molecule has 0 atom stereocenters. The molecular weight excluding hydrogens is 334 g/mol. The van der Waals surface area contributed by atoms with Crippen LogP contribution in [-0.2, 0) is 6.18 Å². The molecule has 0 unspecified atom stereocenters. The van der Waals surface area contributed by atoms with Crippen molar-refractivity contribution in [2.24, 2.45) is 5.92 Å². The Hall–Kier alpha value is -1.70. The Bertz CT molecular complexity index is 752. The molecule has 23 heavy (non-hydrogen) atoms. The first-order chi connectivity index (χ1) is 10.6. The number of aromatic nitrogens is 1. The molecule has 1 aliphatic carbocycles. The second-order valence-electron chi connectivity index (χ2n) is 6.03. The minimum Gasteiger partial charge on any atom is -0.351 e. The van der Waals surface area contributed by atoms with Crippen molar-refractivity contribution in [3.8, 4) is 10.6 Å². The van der Waals surface area contributed by atoms with E-state index in [0.717, 1.165) is 11.3 Å². The maximum Gasteiger partial charge on any atom is 0.452 e. The molecular formula is C15H13F4NO2S. The highest BCUT2D eigenvalue weighted by atomic mass is 32.1. The molecule has 1 aliphatic rings. The molecule has 0 bridgehead atoms. The summed E-state index contributed by atoms with van der Waals surface area (Å²) in [6.45, 7) is 2.73. The summed E-state index contributed by atoms with van der Waals surface area (Å²) in [4.78, 5) is 13.1. The molecule has 3 rings (SSSR count). The average molecular weight is 347 g/mol. The zero-order valence-corrected chi connectivity index (χ0v) is 13.1. The average Bonchev–Trinajstić information content (AvgIpc) is 3.00. The molecule has 0 saturated heterocycles. The molecule has 2 heterocycles. The van der Waals surface area contributed by atoms with Crippen molar-refractivity contribution in [3.63, 3.8) is 0 Å². The number of hydrogen-bond acceptors (Lipinski definition) is 4. The summed E-state index contributed by atoms with van der Waals surface area (Å²) in [7, 11) is 0. The van der Waals surface area contributed by atoms with Gasteiger partial charge in [-0.3, -0.25) is 4.79 Å². The quantitative estimate of drug-likeness (QED) is 0.576. The van der Waals surface area contributed by atoms with Crippen LogP contribution in [0.15, 0.2) is 16.7 Å². The minimum atomic E-state index is -4.61. The fourth-order valence-electron chi connectivity index (χ4n) is 2.78. The molecule has 2 aromatic heterocycles. The van der Waals surface area contributed by atoms with Crippen molar-refractivity contribution >= 4 is 17.1 Å². The molecule has 0 aromatic carbocycles. The number of halogens is 4. The zero-order chi connectivity index (χ0) is 17.0. The lowest BCUT2D eigenvalue weighted by Crippen LogP contribution is -2.40. The molecule has 1 fully saturated rings. The van der Waals surface area contributed by atoms with Crippen LogP contribution in [0.5, 0.6) is 0 Å². The normalized spacial score (nSPS) is 24.5. The summed E-state index contributed by atoms with van der Waals surface area (Å²) < 4.78 is 56.0.